The third-order valence-corrected chi connectivity index (χ3v) is 1.39. The smallest absolute Gasteiger partial charge is 0.153 e. The molecule has 0 saturated carbocycles. The van der Waals surface area contributed by atoms with Crippen molar-refractivity contribution in [3.05, 3.63) is 24.2 Å². The van der Waals surface area contributed by atoms with E-state index in [4.69, 9.17) is 5.11 Å². The van der Waals surface area contributed by atoms with Gasteiger partial charge in [0.25, 0.3) is 0 Å². The Bertz CT molecular complexity index is 307. The number of aromatic amines is 1. The molecule has 2 aromatic rings. The summed E-state index contributed by atoms with van der Waals surface area (Å²) in [5, 5.41) is 11.6. The van der Waals surface area contributed by atoms with E-state index in [2.05, 4.69) is 10.1 Å². The summed E-state index contributed by atoms with van der Waals surface area (Å²) in [6, 6.07) is 1.85. The van der Waals surface area contributed by atoms with Gasteiger partial charge in [0.2, 0.25) is 0 Å². The van der Waals surface area contributed by atoms with Crippen molar-refractivity contribution >= 4 is 5.65 Å². The highest BCUT2D eigenvalue weighted by molar-refractivity contribution is 5.37. The van der Waals surface area contributed by atoms with Crippen molar-refractivity contribution in [2.45, 2.75) is 6.61 Å². The zero-order valence-electron chi connectivity index (χ0n) is 5.28. The molecule has 4 heteroatoms. The van der Waals surface area contributed by atoms with E-state index < -0.39 is 0 Å². The Balaban J connectivity index is 2.67. The van der Waals surface area contributed by atoms with Crippen LogP contribution in [0.3, 0.4) is 0 Å². The monoisotopic (exact) mass is 137 g/mol. The normalized spacial score (nSPS) is 10.9. The zero-order valence-corrected chi connectivity index (χ0v) is 5.28. The molecule has 0 amide bonds. The number of aliphatic hydroxyl groups is 1. The maximum atomic E-state index is 8.67. The SMILES string of the molecule is OCc1cn2[nH]ccc2n1. The Morgan fingerprint density at radius 1 is 1.70 bits per heavy atom. The lowest BCUT2D eigenvalue weighted by Gasteiger charge is -1.79. The fraction of sp³-hybridized carbons (Fsp3) is 0.167. The second-order valence-electron chi connectivity index (χ2n) is 2.08. The molecule has 0 aliphatic rings. The first-order valence-corrected chi connectivity index (χ1v) is 3.02. The lowest BCUT2D eigenvalue weighted by atomic mass is 10.5. The first-order valence-electron chi connectivity index (χ1n) is 3.02. The minimum atomic E-state index is -0.00444. The summed E-state index contributed by atoms with van der Waals surface area (Å²) in [5.74, 6) is 0. The van der Waals surface area contributed by atoms with Crippen molar-refractivity contribution in [3.63, 3.8) is 0 Å². The number of rotatable bonds is 1. The Morgan fingerprint density at radius 3 is 3.30 bits per heavy atom. The summed E-state index contributed by atoms with van der Waals surface area (Å²) in [4.78, 5) is 4.07. The van der Waals surface area contributed by atoms with E-state index in [1.54, 1.807) is 16.9 Å². The molecule has 0 fully saturated rings. The van der Waals surface area contributed by atoms with Crippen LogP contribution in [0.2, 0.25) is 0 Å². The van der Waals surface area contributed by atoms with Gasteiger partial charge < -0.3 is 10.2 Å². The molecule has 2 N–H and O–H groups in total. The summed E-state index contributed by atoms with van der Waals surface area (Å²) in [5.41, 5.74) is 1.52. The number of H-pyrrole nitrogens is 1. The standard InChI is InChI=1S/C6H7N3O/c10-4-5-3-9-6(8-5)1-2-7-9/h1-3,7,10H,4H2. The lowest BCUT2D eigenvalue weighted by Crippen LogP contribution is -1.80. The van der Waals surface area contributed by atoms with Gasteiger partial charge in [0, 0.05) is 12.3 Å². The van der Waals surface area contributed by atoms with E-state index in [0.717, 1.165) is 5.65 Å². The molecule has 2 rings (SSSR count). The quantitative estimate of drug-likeness (QED) is 0.588. The number of aromatic nitrogens is 3. The van der Waals surface area contributed by atoms with Gasteiger partial charge in [-0.1, -0.05) is 0 Å². The Hall–Kier alpha value is -1.29. The van der Waals surface area contributed by atoms with Crippen LogP contribution in [0.4, 0.5) is 0 Å². The van der Waals surface area contributed by atoms with Gasteiger partial charge in [-0.3, -0.25) is 0 Å². The van der Waals surface area contributed by atoms with Crippen LogP contribution in [0.5, 0.6) is 0 Å². The maximum absolute atomic E-state index is 8.67. The molecule has 0 radical (unpaired) electrons. The molecule has 0 aromatic carbocycles. The number of nitrogens with one attached hydrogen (secondary N) is 1. The number of hydrogen-bond donors (Lipinski definition) is 2. The number of imidazole rings is 1. The summed E-state index contributed by atoms with van der Waals surface area (Å²) in [7, 11) is 0. The van der Waals surface area contributed by atoms with Crippen molar-refractivity contribution < 1.29 is 5.11 Å². The molecule has 0 atom stereocenters. The molecule has 2 heterocycles. The number of nitrogens with zero attached hydrogens (tertiary/aromatic N) is 2. The van der Waals surface area contributed by atoms with E-state index in [0.29, 0.717) is 5.69 Å². The number of hydrogen-bond acceptors (Lipinski definition) is 2. The predicted molar refractivity (Wildman–Crippen MR) is 35.5 cm³/mol. The van der Waals surface area contributed by atoms with Crippen molar-refractivity contribution in [1.29, 1.82) is 0 Å². The minimum absolute atomic E-state index is 0.00444. The third-order valence-electron chi connectivity index (χ3n) is 1.39. The van der Waals surface area contributed by atoms with E-state index >= 15 is 0 Å². The molecule has 2 aromatic heterocycles. The Labute approximate surface area is 57.1 Å². The molecule has 0 bridgehead atoms. The summed E-state index contributed by atoms with van der Waals surface area (Å²) < 4.78 is 1.76. The highest BCUT2D eigenvalue weighted by Crippen LogP contribution is 2.01. The summed E-state index contributed by atoms with van der Waals surface area (Å²) in [6.07, 6.45) is 3.55. The molecule has 0 spiro atoms. The van der Waals surface area contributed by atoms with Crippen LogP contribution in [-0.4, -0.2) is 19.7 Å². The van der Waals surface area contributed by atoms with E-state index in [9.17, 15) is 0 Å². The van der Waals surface area contributed by atoms with Crippen LogP contribution in [0.25, 0.3) is 5.65 Å². The Morgan fingerprint density at radius 2 is 2.60 bits per heavy atom. The maximum Gasteiger partial charge on any atom is 0.153 e. The van der Waals surface area contributed by atoms with Crippen molar-refractivity contribution in [1.82, 2.24) is 14.6 Å². The van der Waals surface area contributed by atoms with Crippen LogP contribution in [-0.2, 0) is 6.61 Å². The van der Waals surface area contributed by atoms with Crippen molar-refractivity contribution in [2.24, 2.45) is 0 Å². The highest BCUT2D eigenvalue weighted by atomic mass is 16.3. The summed E-state index contributed by atoms with van der Waals surface area (Å²) in [6.45, 7) is -0.00444. The predicted octanol–water partition coefficient (Wildman–Crippen LogP) is 0.155. The fourth-order valence-corrected chi connectivity index (χ4v) is 0.934. The largest absolute Gasteiger partial charge is 0.390 e. The van der Waals surface area contributed by atoms with Gasteiger partial charge in [-0.15, -0.1) is 0 Å². The van der Waals surface area contributed by atoms with E-state index in [1.807, 2.05) is 6.07 Å². The fourth-order valence-electron chi connectivity index (χ4n) is 0.934. The third kappa shape index (κ3) is 0.625. The highest BCUT2D eigenvalue weighted by Gasteiger charge is 1.97. The molecule has 0 unspecified atom stereocenters. The first-order chi connectivity index (χ1) is 4.90. The molecule has 0 saturated heterocycles. The molecule has 52 valence electrons. The van der Waals surface area contributed by atoms with Crippen molar-refractivity contribution in [2.75, 3.05) is 0 Å². The average Bonchev–Trinajstić information content (AvgIpc) is 2.42. The van der Waals surface area contributed by atoms with Gasteiger partial charge >= 0.3 is 0 Å². The van der Waals surface area contributed by atoms with Crippen LogP contribution in [0.1, 0.15) is 5.69 Å². The van der Waals surface area contributed by atoms with Gasteiger partial charge in [-0.2, -0.15) is 0 Å². The molecular weight excluding hydrogens is 130 g/mol. The van der Waals surface area contributed by atoms with E-state index in [1.165, 1.54) is 0 Å². The molecule has 4 nitrogen and oxygen atoms in total. The van der Waals surface area contributed by atoms with Gasteiger partial charge in [0.05, 0.1) is 18.5 Å². The molecule has 0 aliphatic heterocycles. The second-order valence-corrected chi connectivity index (χ2v) is 2.08. The second kappa shape index (κ2) is 1.85. The minimum Gasteiger partial charge on any atom is -0.390 e. The number of aliphatic hydroxyl groups excluding tert-OH is 1. The van der Waals surface area contributed by atoms with Gasteiger partial charge in [0.15, 0.2) is 5.65 Å². The first kappa shape index (κ1) is 5.49. The molecular formula is C6H7N3O. The average molecular weight is 137 g/mol. The van der Waals surface area contributed by atoms with Crippen molar-refractivity contribution in [3.8, 4) is 0 Å². The molecule has 0 aliphatic carbocycles. The van der Waals surface area contributed by atoms with Gasteiger partial charge in [-0.25, -0.2) is 9.50 Å². The van der Waals surface area contributed by atoms with Crippen LogP contribution in [0.15, 0.2) is 18.5 Å². The Kier molecular flexibility index (Phi) is 1.01. The topological polar surface area (TPSA) is 53.3 Å². The van der Waals surface area contributed by atoms with E-state index in [-0.39, 0.29) is 6.61 Å². The number of fused-ring (bicyclic) bond motifs is 1. The lowest BCUT2D eigenvalue weighted by molar-refractivity contribution is 0.277. The van der Waals surface area contributed by atoms with Gasteiger partial charge in [-0.05, 0) is 0 Å². The molecule has 10 heavy (non-hydrogen) atoms. The zero-order chi connectivity index (χ0) is 6.97. The van der Waals surface area contributed by atoms with Crippen LogP contribution < -0.4 is 0 Å². The van der Waals surface area contributed by atoms with Crippen LogP contribution in [0, 0.1) is 0 Å². The van der Waals surface area contributed by atoms with Crippen LogP contribution >= 0.6 is 0 Å². The van der Waals surface area contributed by atoms with Gasteiger partial charge in [0.1, 0.15) is 0 Å². The summed E-state index contributed by atoms with van der Waals surface area (Å²) >= 11 is 0.